The van der Waals surface area contributed by atoms with Crippen LogP contribution < -0.4 is 0 Å². The van der Waals surface area contributed by atoms with Gasteiger partial charge in [-0.1, -0.05) is 17.8 Å². The van der Waals surface area contributed by atoms with E-state index in [1.54, 1.807) is 23.6 Å². The van der Waals surface area contributed by atoms with E-state index in [9.17, 15) is 4.79 Å². The molecular weight excluding hydrogens is 292 g/mol. The predicted octanol–water partition coefficient (Wildman–Crippen LogP) is 2.85. The number of nitrogens with one attached hydrogen (secondary N) is 1. The smallest absolute Gasteiger partial charge is 0.191 e. The quantitative estimate of drug-likeness (QED) is 0.581. The lowest BCUT2D eigenvalue weighted by Crippen LogP contribution is -2.04. The lowest BCUT2D eigenvalue weighted by Gasteiger charge is -2.01. The van der Waals surface area contributed by atoms with Crippen LogP contribution in [0.3, 0.4) is 0 Å². The Bertz CT molecular complexity index is 701. The normalized spacial score (nSPS) is 10.8. The highest BCUT2D eigenvalue weighted by atomic mass is 32.2. The number of Topliss-reactive ketones (excluding diaryl/α,β-unsaturated/α-hetero) is 1. The fraction of sp³-hybridized carbons (Fsp3) is 0.154. The van der Waals surface area contributed by atoms with Crippen molar-refractivity contribution in [3.8, 4) is 10.7 Å². The van der Waals surface area contributed by atoms with Crippen molar-refractivity contribution in [3.05, 3.63) is 41.5 Å². The van der Waals surface area contributed by atoms with Crippen molar-refractivity contribution in [1.82, 2.24) is 19.7 Å². The van der Waals surface area contributed by atoms with Crippen molar-refractivity contribution in [2.24, 2.45) is 7.05 Å². The molecule has 1 N–H and O–H groups in total. The van der Waals surface area contributed by atoms with Crippen LogP contribution in [0.5, 0.6) is 0 Å². The molecule has 0 saturated carbocycles. The molecule has 0 saturated heterocycles. The second kappa shape index (κ2) is 5.64. The van der Waals surface area contributed by atoms with Gasteiger partial charge in [-0.2, -0.15) is 0 Å². The van der Waals surface area contributed by atoms with Gasteiger partial charge in [-0.15, -0.1) is 21.5 Å². The largest absolute Gasteiger partial charge is 0.359 e. The van der Waals surface area contributed by atoms with E-state index in [0.29, 0.717) is 11.4 Å². The highest BCUT2D eigenvalue weighted by Crippen LogP contribution is 2.26. The Hall–Kier alpha value is -1.86. The SMILES string of the molecule is Cn1c(SCC(=O)c2ccc[nH]2)nnc1-c1cccs1. The summed E-state index contributed by atoms with van der Waals surface area (Å²) < 4.78 is 1.92. The van der Waals surface area contributed by atoms with Crippen LogP contribution >= 0.6 is 23.1 Å². The first kappa shape index (κ1) is 13.1. The predicted molar refractivity (Wildman–Crippen MR) is 80.2 cm³/mol. The molecule has 0 aliphatic heterocycles. The lowest BCUT2D eigenvalue weighted by atomic mass is 10.3. The van der Waals surface area contributed by atoms with Crippen molar-refractivity contribution in [2.45, 2.75) is 5.16 Å². The van der Waals surface area contributed by atoms with Crippen LogP contribution in [0.1, 0.15) is 10.5 Å². The van der Waals surface area contributed by atoms with Crippen molar-refractivity contribution in [3.63, 3.8) is 0 Å². The van der Waals surface area contributed by atoms with E-state index in [4.69, 9.17) is 0 Å². The van der Waals surface area contributed by atoms with Gasteiger partial charge >= 0.3 is 0 Å². The van der Waals surface area contributed by atoms with E-state index >= 15 is 0 Å². The van der Waals surface area contributed by atoms with Gasteiger partial charge in [0.25, 0.3) is 0 Å². The molecule has 3 aromatic heterocycles. The third kappa shape index (κ3) is 2.54. The van der Waals surface area contributed by atoms with Crippen molar-refractivity contribution in [1.29, 1.82) is 0 Å². The van der Waals surface area contributed by atoms with Crippen LogP contribution in [0.15, 0.2) is 41.0 Å². The van der Waals surface area contributed by atoms with Gasteiger partial charge in [-0.3, -0.25) is 4.79 Å². The van der Waals surface area contributed by atoms with E-state index in [1.807, 2.05) is 35.2 Å². The Kier molecular flexibility index (Phi) is 3.70. The number of H-pyrrole nitrogens is 1. The number of carbonyl (C=O) groups is 1. The van der Waals surface area contributed by atoms with Crippen LogP contribution in [-0.2, 0) is 7.05 Å². The molecule has 0 aliphatic carbocycles. The maximum absolute atomic E-state index is 11.9. The molecule has 102 valence electrons. The topological polar surface area (TPSA) is 63.6 Å². The molecule has 7 heteroatoms. The van der Waals surface area contributed by atoms with Crippen LogP contribution in [0.25, 0.3) is 10.7 Å². The molecule has 0 unspecified atom stereocenters. The van der Waals surface area contributed by atoms with Gasteiger partial charge in [-0.25, -0.2) is 0 Å². The third-order valence-corrected chi connectivity index (χ3v) is 4.69. The Labute approximate surface area is 124 Å². The average molecular weight is 304 g/mol. The summed E-state index contributed by atoms with van der Waals surface area (Å²) in [6, 6.07) is 7.58. The van der Waals surface area contributed by atoms with E-state index in [0.717, 1.165) is 15.9 Å². The third-order valence-electron chi connectivity index (χ3n) is 2.81. The fourth-order valence-corrected chi connectivity index (χ4v) is 3.31. The minimum absolute atomic E-state index is 0.0562. The Morgan fingerprint density at radius 2 is 2.30 bits per heavy atom. The summed E-state index contributed by atoms with van der Waals surface area (Å²) >= 11 is 3.02. The van der Waals surface area contributed by atoms with Gasteiger partial charge in [0.15, 0.2) is 16.8 Å². The maximum Gasteiger partial charge on any atom is 0.191 e. The molecule has 0 spiro atoms. The molecular formula is C13H12N4OS2. The number of ketones is 1. The summed E-state index contributed by atoms with van der Waals surface area (Å²) in [4.78, 5) is 15.9. The molecule has 0 atom stereocenters. The Morgan fingerprint density at radius 1 is 1.40 bits per heavy atom. The summed E-state index contributed by atoms with van der Waals surface area (Å²) in [5, 5.41) is 11.1. The zero-order chi connectivity index (χ0) is 13.9. The summed E-state index contributed by atoms with van der Waals surface area (Å²) in [6.45, 7) is 0. The minimum Gasteiger partial charge on any atom is -0.359 e. The Morgan fingerprint density at radius 3 is 3.00 bits per heavy atom. The number of aromatic nitrogens is 4. The van der Waals surface area contributed by atoms with Gasteiger partial charge in [0, 0.05) is 13.2 Å². The minimum atomic E-state index is 0.0562. The molecule has 0 amide bonds. The Balaban J connectivity index is 1.71. The summed E-state index contributed by atoms with van der Waals surface area (Å²) in [5.41, 5.74) is 0.623. The maximum atomic E-state index is 11.9. The first-order valence-corrected chi connectivity index (χ1v) is 7.85. The van der Waals surface area contributed by atoms with Gasteiger partial charge in [0.05, 0.1) is 16.3 Å². The molecule has 3 heterocycles. The van der Waals surface area contributed by atoms with Crippen LogP contribution in [0, 0.1) is 0 Å². The number of aromatic amines is 1. The number of thiophene rings is 1. The second-order valence-electron chi connectivity index (χ2n) is 4.14. The number of hydrogen-bond donors (Lipinski definition) is 1. The van der Waals surface area contributed by atoms with E-state index < -0.39 is 0 Å². The van der Waals surface area contributed by atoms with E-state index in [1.165, 1.54) is 11.8 Å². The summed E-state index contributed by atoms with van der Waals surface area (Å²) in [6.07, 6.45) is 1.75. The monoisotopic (exact) mass is 304 g/mol. The van der Waals surface area contributed by atoms with Crippen LogP contribution in [0.4, 0.5) is 0 Å². The van der Waals surface area contributed by atoms with Gasteiger partial charge in [0.2, 0.25) is 0 Å². The van der Waals surface area contributed by atoms with Crippen LogP contribution in [-0.4, -0.2) is 31.3 Å². The van der Waals surface area contributed by atoms with Crippen molar-refractivity contribution >= 4 is 28.9 Å². The number of nitrogens with zero attached hydrogens (tertiary/aromatic N) is 3. The molecule has 3 rings (SSSR count). The average Bonchev–Trinajstić information content (AvgIpc) is 3.18. The molecule has 0 radical (unpaired) electrons. The van der Waals surface area contributed by atoms with Crippen LogP contribution in [0.2, 0.25) is 0 Å². The number of thioether (sulfide) groups is 1. The van der Waals surface area contributed by atoms with Gasteiger partial charge in [0.1, 0.15) is 0 Å². The molecule has 0 fully saturated rings. The van der Waals surface area contributed by atoms with Gasteiger partial charge in [-0.05, 0) is 23.6 Å². The number of hydrogen-bond acceptors (Lipinski definition) is 5. The highest BCUT2D eigenvalue weighted by molar-refractivity contribution is 7.99. The first-order valence-electron chi connectivity index (χ1n) is 5.98. The molecule has 0 bridgehead atoms. The number of rotatable bonds is 5. The van der Waals surface area contributed by atoms with Gasteiger partial charge < -0.3 is 9.55 Å². The molecule has 0 aliphatic rings. The summed E-state index contributed by atoms with van der Waals surface area (Å²) in [7, 11) is 1.91. The van der Waals surface area contributed by atoms with Crippen molar-refractivity contribution < 1.29 is 4.79 Å². The second-order valence-corrected chi connectivity index (χ2v) is 6.03. The van der Waals surface area contributed by atoms with Crippen molar-refractivity contribution in [2.75, 3.05) is 5.75 Å². The first-order chi connectivity index (χ1) is 9.75. The fourth-order valence-electron chi connectivity index (χ4n) is 1.77. The molecule has 3 aromatic rings. The summed E-state index contributed by atoms with van der Waals surface area (Å²) in [5.74, 6) is 1.23. The number of carbonyl (C=O) groups excluding carboxylic acids is 1. The lowest BCUT2D eigenvalue weighted by molar-refractivity contribution is 0.101. The molecule has 0 aromatic carbocycles. The highest BCUT2D eigenvalue weighted by Gasteiger charge is 2.14. The zero-order valence-electron chi connectivity index (χ0n) is 10.7. The molecule has 20 heavy (non-hydrogen) atoms. The molecule has 5 nitrogen and oxygen atoms in total. The van der Waals surface area contributed by atoms with E-state index in [-0.39, 0.29) is 5.78 Å². The van der Waals surface area contributed by atoms with E-state index in [2.05, 4.69) is 15.2 Å². The zero-order valence-corrected chi connectivity index (χ0v) is 12.4. The standard InChI is InChI=1S/C13H12N4OS2/c1-17-12(11-5-3-7-19-11)15-16-13(17)20-8-10(18)9-4-2-6-14-9/h2-7,14H,8H2,1H3.